The Morgan fingerprint density at radius 2 is 2.22 bits per heavy atom. The van der Waals surface area contributed by atoms with Crippen LogP contribution in [0, 0.1) is 17.0 Å². The first-order valence-electron chi connectivity index (χ1n) is 4.89. The van der Waals surface area contributed by atoms with Crippen LogP contribution in [-0.4, -0.2) is 35.3 Å². The molecule has 0 fully saturated rings. The van der Waals surface area contributed by atoms with E-state index >= 15 is 0 Å². The minimum atomic E-state index is -1.20. The zero-order chi connectivity index (χ0) is 13.4. The standard InChI is InChI=1S/C9H9N5O4/c1-5-10-7(14(17)18)8(12(5)2)13-4-3-6(11-13)9(15)16/h3-4H,1-2H3,(H,15,16). The zero-order valence-corrected chi connectivity index (χ0v) is 9.56. The van der Waals surface area contributed by atoms with Crippen LogP contribution in [0.1, 0.15) is 16.3 Å². The fraction of sp³-hybridized carbons (Fsp3) is 0.222. The molecule has 0 saturated heterocycles. The highest BCUT2D eigenvalue weighted by molar-refractivity contribution is 5.85. The average Bonchev–Trinajstić information content (AvgIpc) is 2.85. The maximum Gasteiger partial charge on any atom is 0.409 e. The third-order valence-corrected chi connectivity index (χ3v) is 2.47. The van der Waals surface area contributed by atoms with Gasteiger partial charge in [-0.2, -0.15) is 5.10 Å². The first-order chi connectivity index (χ1) is 8.41. The highest BCUT2D eigenvalue weighted by Crippen LogP contribution is 2.21. The zero-order valence-electron chi connectivity index (χ0n) is 9.56. The lowest BCUT2D eigenvalue weighted by molar-refractivity contribution is -0.389. The van der Waals surface area contributed by atoms with Gasteiger partial charge in [-0.15, -0.1) is 0 Å². The summed E-state index contributed by atoms with van der Waals surface area (Å²) in [7, 11) is 1.59. The molecule has 2 aromatic heterocycles. The molecule has 0 bridgehead atoms. The molecule has 0 atom stereocenters. The van der Waals surface area contributed by atoms with Crippen molar-refractivity contribution in [3.63, 3.8) is 0 Å². The maximum atomic E-state index is 10.9. The molecule has 0 aliphatic heterocycles. The molecule has 0 unspecified atom stereocenters. The van der Waals surface area contributed by atoms with Crippen LogP contribution in [0.15, 0.2) is 12.3 Å². The molecular weight excluding hydrogens is 242 g/mol. The van der Waals surface area contributed by atoms with Gasteiger partial charge in [0.05, 0.1) is 0 Å². The minimum absolute atomic E-state index is 0.116. The Morgan fingerprint density at radius 1 is 1.56 bits per heavy atom. The largest absolute Gasteiger partial charge is 0.476 e. The van der Waals surface area contributed by atoms with Crippen LogP contribution in [0.3, 0.4) is 0 Å². The van der Waals surface area contributed by atoms with Gasteiger partial charge in [-0.05, 0) is 16.0 Å². The van der Waals surface area contributed by atoms with Gasteiger partial charge in [0.25, 0.3) is 0 Å². The van der Waals surface area contributed by atoms with Gasteiger partial charge in [0.2, 0.25) is 11.6 Å². The van der Waals surface area contributed by atoms with Crippen molar-refractivity contribution in [2.24, 2.45) is 7.05 Å². The van der Waals surface area contributed by atoms with E-state index in [-0.39, 0.29) is 17.3 Å². The van der Waals surface area contributed by atoms with Gasteiger partial charge in [-0.25, -0.2) is 9.48 Å². The van der Waals surface area contributed by atoms with Crippen LogP contribution in [-0.2, 0) is 7.05 Å². The highest BCUT2D eigenvalue weighted by Gasteiger charge is 2.26. The number of hydrogen-bond acceptors (Lipinski definition) is 5. The third kappa shape index (κ3) is 1.71. The second kappa shape index (κ2) is 3.95. The van der Waals surface area contributed by atoms with Crippen LogP contribution in [0.25, 0.3) is 5.82 Å². The Balaban J connectivity index is 2.62. The van der Waals surface area contributed by atoms with Crippen molar-refractivity contribution in [3.05, 3.63) is 33.9 Å². The summed E-state index contributed by atoms with van der Waals surface area (Å²) in [5.41, 5.74) is -0.192. The number of carboxylic acid groups (broad SMARTS) is 1. The molecular formula is C9H9N5O4. The predicted octanol–water partition coefficient (Wildman–Crippen LogP) is 0.521. The van der Waals surface area contributed by atoms with E-state index in [1.807, 2.05) is 0 Å². The number of nitrogens with zero attached hydrogens (tertiary/aromatic N) is 5. The first-order valence-corrected chi connectivity index (χ1v) is 4.89. The Kier molecular flexibility index (Phi) is 2.58. The highest BCUT2D eigenvalue weighted by atomic mass is 16.6. The third-order valence-electron chi connectivity index (χ3n) is 2.47. The smallest absolute Gasteiger partial charge is 0.409 e. The molecule has 9 nitrogen and oxygen atoms in total. The van der Waals surface area contributed by atoms with Crippen molar-refractivity contribution >= 4 is 11.8 Å². The molecule has 0 spiro atoms. The summed E-state index contributed by atoms with van der Waals surface area (Å²) in [6.45, 7) is 1.61. The van der Waals surface area contributed by atoms with Crippen molar-refractivity contribution in [2.75, 3.05) is 0 Å². The quantitative estimate of drug-likeness (QED) is 0.627. The Labute approximate surface area is 100 Å². The summed E-state index contributed by atoms with van der Waals surface area (Å²) < 4.78 is 2.60. The van der Waals surface area contributed by atoms with Crippen molar-refractivity contribution < 1.29 is 14.8 Å². The number of imidazole rings is 1. The molecule has 0 radical (unpaired) electrons. The summed E-state index contributed by atoms with van der Waals surface area (Å²) >= 11 is 0. The number of hydrogen-bond donors (Lipinski definition) is 1. The van der Waals surface area contributed by atoms with Gasteiger partial charge < -0.3 is 15.2 Å². The van der Waals surface area contributed by atoms with Crippen molar-refractivity contribution in [1.29, 1.82) is 0 Å². The van der Waals surface area contributed by atoms with Gasteiger partial charge in [0.15, 0.2) is 5.69 Å². The Bertz CT molecular complexity index is 641. The van der Waals surface area contributed by atoms with Crippen molar-refractivity contribution in [2.45, 2.75) is 6.92 Å². The van der Waals surface area contributed by atoms with Crippen LogP contribution in [0.2, 0.25) is 0 Å². The topological polar surface area (TPSA) is 116 Å². The maximum absolute atomic E-state index is 10.9. The Morgan fingerprint density at radius 3 is 2.72 bits per heavy atom. The second-order valence-corrected chi connectivity index (χ2v) is 3.57. The molecule has 0 aliphatic rings. The lowest BCUT2D eigenvalue weighted by atomic mass is 10.5. The van der Waals surface area contributed by atoms with E-state index in [1.165, 1.54) is 16.8 Å². The monoisotopic (exact) mass is 251 g/mol. The molecule has 94 valence electrons. The molecule has 1 N–H and O–H groups in total. The number of carbonyl (C=O) groups is 1. The number of carboxylic acids is 1. The Hall–Kier alpha value is -2.71. The van der Waals surface area contributed by atoms with E-state index in [0.717, 1.165) is 4.68 Å². The summed E-state index contributed by atoms with van der Waals surface area (Å²) in [6, 6.07) is 1.26. The van der Waals surface area contributed by atoms with E-state index < -0.39 is 10.9 Å². The number of aryl methyl sites for hydroxylation is 1. The molecule has 9 heteroatoms. The first kappa shape index (κ1) is 11.8. The average molecular weight is 251 g/mol. The summed E-state index contributed by atoms with van der Waals surface area (Å²) in [6.07, 6.45) is 1.34. The normalized spacial score (nSPS) is 10.6. The number of aromatic carboxylic acids is 1. The molecule has 2 aromatic rings. The predicted molar refractivity (Wildman–Crippen MR) is 58.7 cm³/mol. The van der Waals surface area contributed by atoms with Gasteiger partial charge in [0.1, 0.15) is 0 Å². The number of aromatic nitrogens is 4. The second-order valence-electron chi connectivity index (χ2n) is 3.57. The molecule has 0 saturated carbocycles. The molecule has 2 rings (SSSR count). The molecule has 0 aliphatic carbocycles. The number of rotatable bonds is 3. The van der Waals surface area contributed by atoms with Crippen LogP contribution >= 0.6 is 0 Å². The van der Waals surface area contributed by atoms with Gasteiger partial charge in [0, 0.05) is 20.2 Å². The van der Waals surface area contributed by atoms with E-state index in [9.17, 15) is 14.9 Å². The molecule has 0 amide bonds. The van der Waals surface area contributed by atoms with Gasteiger partial charge >= 0.3 is 11.8 Å². The summed E-state index contributed by atoms with van der Waals surface area (Å²) in [4.78, 5) is 24.8. The molecule has 0 aromatic carbocycles. The lowest BCUT2D eigenvalue weighted by Crippen LogP contribution is -2.07. The van der Waals surface area contributed by atoms with Gasteiger partial charge in [-0.3, -0.25) is 4.57 Å². The SMILES string of the molecule is Cc1nc([N+](=O)[O-])c(-n2ccc(C(=O)O)n2)n1C. The van der Waals surface area contributed by atoms with E-state index in [4.69, 9.17) is 5.11 Å². The van der Waals surface area contributed by atoms with Crippen molar-refractivity contribution in [1.82, 2.24) is 19.3 Å². The van der Waals surface area contributed by atoms with Crippen LogP contribution in [0.4, 0.5) is 5.82 Å². The van der Waals surface area contributed by atoms with Crippen LogP contribution in [0.5, 0.6) is 0 Å². The van der Waals surface area contributed by atoms with E-state index in [0.29, 0.717) is 5.82 Å². The fourth-order valence-electron chi connectivity index (χ4n) is 1.52. The molecule has 18 heavy (non-hydrogen) atoms. The van der Waals surface area contributed by atoms with E-state index in [1.54, 1.807) is 14.0 Å². The van der Waals surface area contributed by atoms with Gasteiger partial charge in [-0.1, -0.05) is 0 Å². The fourth-order valence-corrected chi connectivity index (χ4v) is 1.52. The van der Waals surface area contributed by atoms with Crippen LogP contribution < -0.4 is 0 Å². The molecule has 2 heterocycles. The summed E-state index contributed by atoms with van der Waals surface area (Å²) in [5.74, 6) is -1.01. The van der Waals surface area contributed by atoms with E-state index in [2.05, 4.69) is 10.1 Å². The van der Waals surface area contributed by atoms with Crippen molar-refractivity contribution in [3.8, 4) is 5.82 Å². The lowest BCUT2D eigenvalue weighted by Gasteiger charge is -2.01. The summed E-state index contributed by atoms with van der Waals surface area (Å²) in [5, 5.41) is 23.4. The minimum Gasteiger partial charge on any atom is -0.476 e. The number of nitro groups is 1.